The molecule has 1 aromatic rings. The lowest BCUT2D eigenvalue weighted by Crippen LogP contribution is -2.37. The summed E-state index contributed by atoms with van der Waals surface area (Å²) in [5, 5.41) is 0. The van der Waals surface area contributed by atoms with E-state index in [1.165, 1.54) is 12.1 Å². The first-order valence-electron chi connectivity index (χ1n) is 9.11. The van der Waals surface area contributed by atoms with Crippen LogP contribution in [0.2, 0.25) is 0 Å². The number of sulfonamides is 1. The van der Waals surface area contributed by atoms with E-state index < -0.39 is 10.0 Å². The lowest BCUT2D eigenvalue weighted by atomic mass is 10.1. The molecule has 1 amide bonds. The van der Waals surface area contributed by atoms with Crippen molar-refractivity contribution in [1.29, 1.82) is 0 Å². The molecule has 1 heterocycles. The molecule has 2 rings (SSSR count). The topological polar surface area (TPSA) is 84.9 Å². The molecule has 1 aliphatic rings. The standard InChI is InChI=1S/C18H28N2O5S/c1-2-24-14-15-25-16-6-8-17(9-7-16)26(22,23)19-11-10-18(21)20-12-4-3-5-13-20/h6-9,19H,2-5,10-15H2,1H3. The number of carbonyl (C=O) groups excluding carboxylic acids is 1. The maximum absolute atomic E-state index is 12.3. The second-order valence-electron chi connectivity index (χ2n) is 6.11. The van der Waals surface area contributed by atoms with Crippen LogP contribution < -0.4 is 9.46 Å². The first-order chi connectivity index (χ1) is 12.5. The summed E-state index contributed by atoms with van der Waals surface area (Å²) < 4.78 is 37.7. The summed E-state index contributed by atoms with van der Waals surface area (Å²) in [6, 6.07) is 6.20. The normalized spacial score (nSPS) is 15.0. The van der Waals surface area contributed by atoms with E-state index in [4.69, 9.17) is 9.47 Å². The minimum Gasteiger partial charge on any atom is -0.491 e. The highest BCUT2D eigenvalue weighted by Gasteiger charge is 2.18. The van der Waals surface area contributed by atoms with Crippen molar-refractivity contribution in [3.05, 3.63) is 24.3 Å². The van der Waals surface area contributed by atoms with Crippen molar-refractivity contribution in [2.75, 3.05) is 39.5 Å². The molecule has 1 fully saturated rings. The van der Waals surface area contributed by atoms with Gasteiger partial charge in [-0.3, -0.25) is 4.79 Å². The Hall–Kier alpha value is -1.64. The van der Waals surface area contributed by atoms with Crippen molar-refractivity contribution in [3.63, 3.8) is 0 Å². The number of nitrogens with one attached hydrogen (secondary N) is 1. The van der Waals surface area contributed by atoms with Gasteiger partial charge < -0.3 is 14.4 Å². The van der Waals surface area contributed by atoms with Gasteiger partial charge in [-0.15, -0.1) is 0 Å². The third-order valence-electron chi connectivity index (χ3n) is 4.17. The zero-order valence-electron chi connectivity index (χ0n) is 15.3. The van der Waals surface area contributed by atoms with E-state index >= 15 is 0 Å². The number of ether oxygens (including phenoxy) is 2. The Balaban J connectivity index is 1.78. The Bertz CT molecular complexity index is 655. The van der Waals surface area contributed by atoms with Gasteiger partial charge in [0, 0.05) is 32.7 Å². The summed E-state index contributed by atoms with van der Waals surface area (Å²) in [6.45, 7) is 5.09. The summed E-state index contributed by atoms with van der Waals surface area (Å²) in [4.78, 5) is 14.0. The molecule has 7 nitrogen and oxygen atoms in total. The number of amides is 1. The summed E-state index contributed by atoms with van der Waals surface area (Å²) in [6.07, 6.45) is 3.38. The van der Waals surface area contributed by atoms with Gasteiger partial charge in [0.15, 0.2) is 0 Å². The Kier molecular flexibility index (Phi) is 8.34. The van der Waals surface area contributed by atoms with Crippen molar-refractivity contribution in [2.45, 2.75) is 37.5 Å². The van der Waals surface area contributed by atoms with Gasteiger partial charge in [0.05, 0.1) is 11.5 Å². The molecule has 0 atom stereocenters. The fourth-order valence-electron chi connectivity index (χ4n) is 2.75. The highest BCUT2D eigenvalue weighted by atomic mass is 32.2. The van der Waals surface area contributed by atoms with Gasteiger partial charge in [-0.05, 0) is 50.5 Å². The summed E-state index contributed by atoms with van der Waals surface area (Å²) in [5.41, 5.74) is 0. The second kappa shape index (κ2) is 10.5. The molecule has 0 bridgehead atoms. The van der Waals surface area contributed by atoms with Crippen LogP contribution in [0.25, 0.3) is 0 Å². The molecule has 1 saturated heterocycles. The van der Waals surface area contributed by atoms with E-state index in [1.807, 2.05) is 11.8 Å². The third-order valence-corrected chi connectivity index (χ3v) is 5.65. The van der Waals surface area contributed by atoms with Gasteiger partial charge in [-0.25, -0.2) is 13.1 Å². The molecular weight excluding hydrogens is 356 g/mol. The minimum atomic E-state index is -3.63. The SMILES string of the molecule is CCOCCOc1ccc(S(=O)(=O)NCCC(=O)N2CCCCC2)cc1. The fourth-order valence-corrected chi connectivity index (χ4v) is 3.79. The summed E-state index contributed by atoms with van der Waals surface area (Å²) in [5.74, 6) is 0.592. The van der Waals surface area contributed by atoms with Crippen molar-refractivity contribution in [3.8, 4) is 5.75 Å². The minimum absolute atomic E-state index is 0.00504. The summed E-state index contributed by atoms with van der Waals surface area (Å²) >= 11 is 0. The van der Waals surface area contributed by atoms with E-state index in [0.717, 1.165) is 32.4 Å². The van der Waals surface area contributed by atoms with Crippen LogP contribution >= 0.6 is 0 Å². The van der Waals surface area contributed by atoms with E-state index in [0.29, 0.717) is 25.6 Å². The van der Waals surface area contributed by atoms with Crippen LogP contribution in [0.4, 0.5) is 0 Å². The maximum atomic E-state index is 12.3. The van der Waals surface area contributed by atoms with Gasteiger partial charge in [-0.2, -0.15) is 0 Å². The predicted molar refractivity (Wildman–Crippen MR) is 98.7 cm³/mol. The lowest BCUT2D eigenvalue weighted by Gasteiger charge is -2.26. The first kappa shape index (κ1) is 20.7. The van der Waals surface area contributed by atoms with Gasteiger partial charge in [0.25, 0.3) is 0 Å². The molecule has 1 aliphatic heterocycles. The van der Waals surface area contributed by atoms with Crippen LogP contribution in [0.5, 0.6) is 5.75 Å². The van der Waals surface area contributed by atoms with Crippen LogP contribution in [0.15, 0.2) is 29.2 Å². The highest BCUT2D eigenvalue weighted by molar-refractivity contribution is 7.89. The Labute approximate surface area is 155 Å². The van der Waals surface area contributed by atoms with Gasteiger partial charge >= 0.3 is 0 Å². The van der Waals surface area contributed by atoms with E-state index in [-0.39, 0.29) is 23.8 Å². The maximum Gasteiger partial charge on any atom is 0.240 e. The van der Waals surface area contributed by atoms with Crippen LogP contribution in [0.1, 0.15) is 32.6 Å². The number of nitrogens with zero attached hydrogens (tertiary/aromatic N) is 1. The van der Waals surface area contributed by atoms with Gasteiger partial charge in [-0.1, -0.05) is 0 Å². The van der Waals surface area contributed by atoms with Crippen LogP contribution in [0.3, 0.4) is 0 Å². The molecule has 8 heteroatoms. The van der Waals surface area contributed by atoms with Crippen molar-refractivity contribution in [1.82, 2.24) is 9.62 Å². The number of rotatable bonds is 10. The molecule has 0 radical (unpaired) electrons. The molecule has 0 unspecified atom stereocenters. The Morgan fingerprint density at radius 3 is 2.46 bits per heavy atom. The Morgan fingerprint density at radius 2 is 1.81 bits per heavy atom. The molecule has 26 heavy (non-hydrogen) atoms. The number of likely N-dealkylation sites (tertiary alicyclic amines) is 1. The Morgan fingerprint density at radius 1 is 1.12 bits per heavy atom. The largest absolute Gasteiger partial charge is 0.491 e. The van der Waals surface area contributed by atoms with Crippen LogP contribution in [-0.4, -0.2) is 58.7 Å². The number of carbonyl (C=O) groups is 1. The number of benzene rings is 1. The van der Waals surface area contributed by atoms with E-state index in [9.17, 15) is 13.2 Å². The third kappa shape index (κ3) is 6.59. The molecule has 0 spiro atoms. The number of piperidine rings is 1. The number of hydrogen-bond donors (Lipinski definition) is 1. The molecule has 1 N–H and O–H groups in total. The van der Waals surface area contributed by atoms with Crippen LogP contribution in [0, 0.1) is 0 Å². The quantitative estimate of drug-likeness (QED) is 0.622. The average Bonchev–Trinajstić information content (AvgIpc) is 2.66. The monoisotopic (exact) mass is 384 g/mol. The predicted octanol–water partition coefficient (Wildman–Crippen LogP) is 1.78. The van der Waals surface area contributed by atoms with E-state index in [1.54, 1.807) is 12.1 Å². The van der Waals surface area contributed by atoms with Crippen molar-refractivity contribution < 1.29 is 22.7 Å². The van der Waals surface area contributed by atoms with Crippen LogP contribution in [-0.2, 0) is 19.6 Å². The van der Waals surface area contributed by atoms with Crippen molar-refractivity contribution >= 4 is 15.9 Å². The van der Waals surface area contributed by atoms with Crippen molar-refractivity contribution in [2.24, 2.45) is 0 Å². The molecule has 0 saturated carbocycles. The molecule has 0 aliphatic carbocycles. The van der Waals surface area contributed by atoms with Gasteiger partial charge in [0.1, 0.15) is 12.4 Å². The first-order valence-corrected chi connectivity index (χ1v) is 10.6. The highest BCUT2D eigenvalue weighted by Crippen LogP contribution is 2.16. The molecular formula is C18H28N2O5S. The van der Waals surface area contributed by atoms with Gasteiger partial charge in [0.2, 0.25) is 15.9 Å². The number of hydrogen-bond acceptors (Lipinski definition) is 5. The molecule has 1 aromatic carbocycles. The average molecular weight is 384 g/mol. The smallest absolute Gasteiger partial charge is 0.240 e. The second-order valence-corrected chi connectivity index (χ2v) is 7.87. The zero-order valence-corrected chi connectivity index (χ0v) is 16.1. The zero-order chi connectivity index (χ0) is 18.8. The molecule has 146 valence electrons. The fraction of sp³-hybridized carbons (Fsp3) is 0.611. The molecule has 0 aromatic heterocycles. The lowest BCUT2D eigenvalue weighted by molar-refractivity contribution is -0.131. The van der Waals surface area contributed by atoms with E-state index in [2.05, 4.69) is 4.72 Å². The summed E-state index contributed by atoms with van der Waals surface area (Å²) in [7, 11) is -3.63.